The highest BCUT2D eigenvalue weighted by atomic mass is 16.1. The van der Waals surface area contributed by atoms with Gasteiger partial charge in [0.2, 0.25) is 5.91 Å². The number of amides is 1. The fourth-order valence-electron chi connectivity index (χ4n) is 2.03. The highest BCUT2D eigenvalue weighted by Crippen LogP contribution is 2.18. The molecule has 1 rings (SSSR count). The molecule has 1 saturated carbocycles. The summed E-state index contributed by atoms with van der Waals surface area (Å²) in [4.78, 5) is 11.5. The average molecular weight is 210 g/mol. The Balaban J connectivity index is 2.29. The van der Waals surface area contributed by atoms with Gasteiger partial charge in [-0.15, -0.1) is 0 Å². The van der Waals surface area contributed by atoms with Crippen molar-refractivity contribution in [1.29, 1.82) is 0 Å². The van der Waals surface area contributed by atoms with Crippen LogP contribution in [0, 0.1) is 0 Å². The standard InChI is InChI=1S/C12H22N2O/c1-9(2)8-12(15)14-11-6-4-10(13-3)5-7-11/h8,10-11,13H,4-7H2,1-3H3,(H,14,15). The van der Waals surface area contributed by atoms with Crippen molar-refractivity contribution in [3.8, 4) is 0 Å². The molecular formula is C12H22N2O. The van der Waals surface area contributed by atoms with Gasteiger partial charge < -0.3 is 10.6 Å². The van der Waals surface area contributed by atoms with Crippen molar-refractivity contribution in [2.75, 3.05) is 7.05 Å². The third-order valence-corrected chi connectivity index (χ3v) is 2.90. The molecule has 0 heterocycles. The van der Waals surface area contributed by atoms with Gasteiger partial charge in [-0.2, -0.15) is 0 Å². The van der Waals surface area contributed by atoms with Crippen LogP contribution in [0.1, 0.15) is 39.5 Å². The summed E-state index contributed by atoms with van der Waals surface area (Å²) < 4.78 is 0. The Morgan fingerprint density at radius 2 is 1.67 bits per heavy atom. The van der Waals surface area contributed by atoms with Crippen molar-refractivity contribution in [1.82, 2.24) is 10.6 Å². The molecule has 2 N–H and O–H groups in total. The van der Waals surface area contributed by atoms with Gasteiger partial charge >= 0.3 is 0 Å². The van der Waals surface area contributed by atoms with Crippen molar-refractivity contribution in [2.24, 2.45) is 0 Å². The minimum Gasteiger partial charge on any atom is -0.350 e. The van der Waals surface area contributed by atoms with Crippen LogP contribution in [-0.4, -0.2) is 25.0 Å². The average Bonchev–Trinajstić information content (AvgIpc) is 2.17. The van der Waals surface area contributed by atoms with E-state index in [9.17, 15) is 4.79 Å². The van der Waals surface area contributed by atoms with Crippen molar-refractivity contribution in [2.45, 2.75) is 51.6 Å². The third kappa shape index (κ3) is 4.47. The number of allylic oxidation sites excluding steroid dienone is 1. The second-order valence-corrected chi connectivity index (χ2v) is 4.57. The summed E-state index contributed by atoms with van der Waals surface area (Å²) in [6, 6.07) is 1.01. The molecule has 1 aliphatic carbocycles. The zero-order chi connectivity index (χ0) is 11.3. The van der Waals surface area contributed by atoms with Gasteiger partial charge in [0.1, 0.15) is 0 Å². The van der Waals surface area contributed by atoms with E-state index in [2.05, 4.69) is 10.6 Å². The van der Waals surface area contributed by atoms with Gasteiger partial charge in [0.25, 0.3) is 0 Å². The van der Waals surface area contributed by atoms with Crippen LogP contribution in [0.4, 0.5) is 0 Å². The Morgan fingerprint density at radius 1 is 1.13 bits per heavy atom. The van der Waals surface area contributed by atoms with Crippen molar-refractivity contribution in [3.63, 3.8) is 0 Å². The molecular weight excluding hydrogens is 188 g/mol. The van der Waals surface area contributed by atoms with Crippen LogP contribution in [0.15, 0.2) is 11.6 Å². The van der Waals surface area contributed by atoms with E-state index in [1.165, 1.54) is 0 Å². The van der Waals surface area contributed by atoms with Crippen LogP contribution in [0.5, 0.6) is 0 Å². The van der Waals surface area contributed by atoms with E-state index in [-0.39, 0.29) is 5.91 Å². The molecule has 0 aromatic rings. The van der Waals surface area contributed by atoms with E-state index in [1.807, 2.05) is 20.9 Å². The summed E-state index contributed by atoms with van der Waals surface area (Å²) >= 11 is 0. The number of hydrogen-bond acceptors (Lipinski definition) is 2. The molecule has 1 fully saturated rings. The summed E-state index contributed by atoms with van der Waals surface area (Å²) in [5, 5.41) is 6.34. The van der Waals surface area contributed by atoms with Crippen LogP contribution >= 0.6 is 0 Å². The zero-order valence-electron chi connectivity index (χ0n) is 9.97. The maximum absolute atomic E-state index is 11.5. The first-order chi connectivity index (χ1) is 7.11. The van der Waals surface area contributed by atoms with Crippen LogP contribution in [-0.2, 0) is 4.79 Å². The second kappa shape index (κ2) is 5.91. The molecule has 0 atom stereocenters. The number of carbonyl (C=O) groups excluding carboxylic acids is 1. The van der Waals surface area contributed by atoms with Crippen LogP contribution in [0.3, 0.4) is 0 Å². The molecule has 1 amide bonds. The minimum atomic E-state index is 0.0582. The van der Waals surface area contributed by atoms with E-state index >= 15 is 0 Å². The Bertz CT molecular complexity index is 236. The number of rotatable bonds is 3. The lowest BCUT2D eigenvalue weighted by Crippen LogP contribution is -2.40. The summed E-state index contributed by atoms with van der Waals surface area (Å²) in [6.07, 6.45) is 6.18. The largest absolute Gasteiger partial charge is 0.350 e. The van der Waals surface area contributed by atoms with Gasteiger partial charge in [-0.25, -0.2) is 0 Å². The van der Waals surface area contributed by atoms with E-state index < -0.39 is 0 Å². The Labute approximate surface area is 92.3 Å². The first kappa shape index (κ1) is 12.2. The first-order valence-corrected chi connectivity index (χ1v) is 5.74. The second-order valence-electron chi connectivity index (χ2n) is 4.57. The Morgan fingerprint density at radius 3 is 2.13 bits per heavy atom. The van der Waals surface area contributed by atoms with Crippen molar-refractivity contribution < 1.29 is 4.79 Å². The summed E-state index contributed by atoms with van der Waals surface area (Å²) in [7, 11) is 2.01. The maximum atomic E-state index is 11.5. The minimum absolute atomic E-state index is 0.0582. The molecule has 86 valence electrons. The number of nitrogens with one attached hydrogen (secondary N) is 2. The van der Waals surface area contributed by atoms with Crippen molar-refractivity contribution in [3.05, 3.63) is 11.6 Å². The SMILES string of the molecule is CNC1CCC(NC(=O)C=C(C)C)CC1. The molecule has 3 heteroatoms. The van der Waals surface area contributed by atoms with E-state index in [0.717, 1.165) is 31.3 Å². The zero-order valence-corrected chi connectivity index (χ0v) is 9.97. The Hall–Kier alpha value is -0.830. The molecule has 15 heavy (non-hydrogen) atoms. The van der Waals surface area contributed by atoms with Crippen molar-refractivity contribution >= 4 is 5.91 Å². The fourth-order valence-corrected chi connectivity index (χ4v) is 2.03. The predicted octanol–water partition coefficient (Wildman–Crippen LogP) is 1.60. The maximum Gasteiger partial charge on any atom is 0.244 e. The van der Waals surface area contributed by atoms with Gasteiger partial charge in [0, 0.05) is 18.2 Å². The molecule has 0 saturated heterocycles. The summed E-state index contributed by atoms with van der Waals surface area (Å²) in [5.74, 6) is 0.0582. The molecule has 3 nitrogen and oxygen atoms in total. The topological polar surface area (TPSA) is 41.1 Å². The fraction of sp³-hybridized carbons (Fsp3) is 0.750. The third-order valence-electron chi connectivity index (χ3n) is 2.90. The van der Waals surface area contributed by atoms with Crippen LogP contribution < -0.4 is 10.6 Å². The summed E-state index contributed by atoms with van der Waals surface area (Å²) in [5.41, 5.74) is 1.05. The highest BCUT2D eigenvalue weighted by molar-refractivity contribution is 5.88. The van der Waals surface area contributed by atoms with Crippen LogP contribution in [0.2, 0.25) is 0 Å². The van der Waals surface area contributed by atoms with Gasteiger partial charge in [-0.3, -0.25) is 4.79 Å². The number of carbonyl (C=O) groups is 1. The monoisotopic (exact) mass is 210 g/mol. The molecule has 0 unspecified atom stereocenters. The molecule has 0 spiro atoms. The molecule has 1 aliphatic rings. The highest BCUT2D eigenvalue weighted by Gasteiger charge is 2.20. The normalized spacial score (nSPS) is 25.8. The lowest BCUT2D eigenvalue weighted by molar-refractivity contribution is -0.117. The van der Waals surface area contributed by atoms with E-state index in [1.54, 1.807) is 6.08 Å². The lowest BCUT2D eigenvalue weighted by atomic mass is 9.91. The van der Waals surface area contributed by atoms with E-state index in [4.69, 9.17) is 0 Å². The smallest absolute Gasteiger partial charge is 0.244 e. The molecule has 0 aromatic carbocycles. The quantitative estimate of drug-likeness (QED) is 0.695. The van der Waals surface area contributed by atoms with Crippen LogP contribution in [0.25, 0.3) is 0 Å². The summed E-state index contributed by atoms with van der Waals surface area (Å²) in [6.45, 7) is 3.88. The molecule has 0 bridgehead atoms. The molecule has 0 aromatic heterocycles. The molecule has 0 aliphatic heterocycles. The predicted molar refractivity (Wildman–Crippen MR) is 62.7 cm³/mol. The van der Waals surface area contributed by atoms with Gasteiger partial charge in [-0.1, -0.05) is 5.57 Å². The lowest BCUT2D eigenvalue weighted by Gasteiger charge is -2.28. The van der Waals surface area contributed by atoms with E-state index in [0.29, 0.717) is 12.1 Å². The number of hydrogen-bond donors (Lipinski definition) is 2. The first-order valence-electron chi connectivity index (χ1n) is 5.74. The van der Waals surface area contributed by atoms with Gasteiger partial charge in [-0.05, 0) is 46.6 Å². The van der Waals surface area contributed by atoms with Gasteiger partial charge in [0.05, 0.1) is 0 Å². The Kier molecular flexibility index (Phi) is 4.82. The molecule has 0 radical (unpaired) electrons. The van der Waals surface area contributed by atoms with Gasteiger partial charge in [0.15, 0.2) is 0 Å².